The minimum absolute atomic E-state index is 0.116. The fraction of sp³-hybridized carbons (Fsp3) is 0.259. The maximum absolute atomic E-state index is 13.7. The predicted octanol–water partition coefficient (Wildman–Crippen LogP) is 3.65. The lowest BCUT2D eigenvalue weighted by Crippen LogP contribution is -2.52. The minimum Gasteiger partial charge on any atom is -0.361 e. The third-order valence-electron chi connectivity index (χ3n) is 6.45. The number of aromatic amines is 1. The first-order chi connectivity index (χ1) is 18.0. The van der Waals surface area contributed by atoms with Gasteiger partial charge in [0.05, 0.1) is 17.8 Å². The summed E-state index contributed by atoms with van der Waals surface area (Å²) in [5, 5.41) is 9.30. The van der Waals surface area contributed by atoms with Gasteiger partial charge in [-0.2, -0.15) is 10.2 Å². The van der Waals surface area contributed by atoms with Gasteiger partial charge in [-0.25, -0.2) is 0 Å². The molecule has 3 heterocycles. The highest BCUT2D eigenvalue weighted by Crippen LogP contribution is 2.27. The molecule has 0 aliphatic carbocycles. The number of aromatic nitrogens is 3. The summed E-state index contributed by atoms with van der Waals surface area (Å²) in [4.78, 5) is 35.5. The van der Waals surface area contributed by atoms with Crippen molar-refractivity contribution < 1.29 is 11.0 Å². The Morgan fingerprint density at radius 1 is 1.06 bits per heavy atom. The Balaban J connectivity index is 1.28. The Morgan fingerprint density at radius 3 is 2.67 bits per heavy atom. The molecule has 36 heavy (non-hydrogen) atoms. The number of benzene rings is 2. The second-order valence-electron chi connectivity index (χ2n) is 8.75. The highest BCUT2D eigenvalue weighted by Gasteiger charge is 2.27. The van der Waals surface area contributed by atoms with E-state index in [1.54, 1.807) is 59.6 Å². The highest BCUT2D eigenvalue weighted by atomic mass is 35.5. The fourth-order valence-electron chi connectivity index (χ4n) is 4.40. The number of nitrogens with one attached hydrogen (secondary N) is 1. The van der Waals surface area contributed by atoms with E-state index in [0.29, 0.717) is 34.9 Å². The topological polar surface area (TPSA) is 85.4 Å². The number of rotatable bonds is 7. The van der Waals surface area contributed by atoms with Gasteiger partial charge in [0.2, 0.25) is 5.91 Å². The fourth-order valence-corrected chi connectivity index (χ4v) is 4.64. The van der Waals surface area contributed by atoms with Crippen molar-refractivity contribution in [3.63, 3.8) is 0 Å². The van der Waals surface area contributed by atoms with Gasteiger partial charge in [0.25, 0.3) is 5.91 Å². The SMILES string of the molecule is [2H]c1cc2ccc(C(=O)N(CC(=O)N3CCN(CCc4cccnn4)CC3)c3ccccc3Cl)cc2[nH]1. The molecule has 0 atom stereocenters. The predicted molar refractivity (Wildman–Crippen MR) is 140 cm³/mol. The van der Waals surface area contributed by atoms with Gasteiger partial charge in [-0.3, -0.25) is 19.4 Å². The molecule has 1 aliphatic rings. The van der Waals surface area contributed by atoms with Crippen molar-refractivity contribution in [3.05, 3.63) is 89.3 Å². The number of carbonyl (C=O) groups is 2. The second-order valence-corrected chi connectivity index (χ2v) is 9.15. The summed E-state index contributed by atoms with van der Waals surface area (Å²) < 4.78 is 7.81. The molecule has 0 radical (unpaired) electrons. The molecule has 0 saturated carbocycles. The average Bonchev–Trinajstić information content (AvgIpc) is 3.30. The minimum atomic E-state index is -0.327. The zero-order valence-corrected chi connectivity index (χ0v) is 20.5. The van der Waals surface area contributed by atoms with E-state index in [4.69, 9.17) is 13.0 Å². The van der Waals surface area contributed by atoms with E-state index in [9.17, 15) is 9.59 Å². The van der Waals surface area contributed by atoms with Crippen molar-refractivity contribution in [3.8, 4) is 0 Å². The van der Waals surface area contributed by atoms with Crippen molar-refractivity contribution in [2.75, 3.05) is 44.2 Å². The zero-order chi connectivity index (χ0) is 25.8. The van der Waals surface area contributed by atoms with Crippen LogP contribution in [-0.4, -0.2) is 76.1 Å². The molecule has 2 aromatic carbocycles. The molecule has 1 fully saturated rings. The standard InChI is InChI=1S/C27H27ClN6O2/c28-23-5-1-2-6-25(23)34(27(36)21-8-7-20-9-12-29-24(20)18-21)19-26(35)33-16-14-32(15-17-33)13-10-22-4-3-11-30-31-22/h1-9,11-12,18,29H,10,13-17,19H2/i12D. The van der Waals surface area contributed by atoms with Crippen LogP contribution in [0.3, 0.4) is 0 Å². The van der Waals surface area contributed by atoms with Gasteiger partial charge in [-0.05, 0) is 47.9 Å². The Labute approximate surface area is 215 Å². The van der Waals surface area contributed by atoms with E-state index in [-0.39, 0.29) is 24.5 Å². The number of hydrogen-bond donors (Lipinski definition) is 1. The summed E-state index contributed by atoms with van der Waals surface area (Å²) in [6.45, 7) is 3.42. The second kappa shape index (κ2) is 10.9. The Kier molecular flexibility index (Phi) is 6.86. The number of hydrogen-bond acceptors (Lipinski definition) is 5. The quantitative estimate of drug-likeness (QED) is 0.416. The molecule has 9 heteroatoms. The first-order valence-electron chi connectivity index (χ1n) is 12.4. The van der Waals surface area contributed by atoms with Gasteiger partial charge >= 0.3 is 0 Å². The lowest BCUT2D eigenvalue weighted by Gasteiger charge is -2.36. The van der Waals surface area contributed by atoms with Crippen LogP contribution in [0.4, 0.5) is 5.69 Å². The molecule has 1 N–H and O–H groups in total. The molecule has 0 spiro atoms. The summed E-state index contributed by atoms with van der Waals surface area (Å²) >= 11 is 6.46. The van der Waals surface area contributed by atoms with Crippen LogP contribution in [0.2, 0.25) is 5.02 Å². The van der Waals surface area contributed by atoms with Crippen molar-refractivity contribution >= 4 is 40.0 Å². The van der Waals surface area contributed by atoms with E-state index >= 15 is 0 Å². The van der Waals surface area contributed by atoms with Gasteiger partial charge in [0, 0.05) is 62.6 Å². The van der Waals surface area contributed by atoms with Crippen LogP contribution in [0.5, 0.6) is 0 Å². The van der Waals surface area contributed by atoms with Crippen LogP contribution in [0.1, 0.15) is 17.4 Å². The molecular formula is C27H27ClN6O2. The van der Waals surface area contributed by atoms with Gasteiger partial charge in [0.15, 0.2) is 0 Å². The van der Waals surface area contributed by atoms with Crippen molar-refractivity contribution in [1.29, 1.82) is 0 Å². The number of H-pyrrole nitrogens is 1. The molecule has 1 saturated heterocycles. The van der Waals surface area contributed by atoms with E-state index in [2.05, 4.69) is 20.1 Å². The number of carbonyl (C=O) groups excluding carboxylic acids is 2. The molecule has 8 nitrogen and oxygen atoms in total. The van der Waals surface area contributed by atoms with Gasteiger partial charge in [-0.15, -0.1) is 0 Å². The van der Waals surface area contributed by atoms with Crippen molar-refractivity contribution in [1.82, 2.24) is 25.0 Å². The van der Waals surface area contributed by atoms with E-state index in [1.807, 2.05) is 12.1 Å². The van der Waals surface area contributed by atoms with E-state index in [1.165, 1.54) is 4.90 Å². The molecule has 5 rings (SSSR count). The first-order valence-corrected chi connectivity index (χ1v) is 12.3. The lowest BCUT2D eigenvalue weighted by atomic mass is 10.1. The van der Waals surface area contributed by atoms with Crippen LogP contribution in [0.25, 0.3) is 10.9 Å². The third-order valence-corrected chi connectivity index (χ3v) is 6.77. The molecule has 4 aromatic rings. The first kappa shape index (κ1) is 22.7. The number of halogens is 1. The number of nitrogens with zero attached hydrogens (tertiary/aromatic N) is 5. The molecular weight excluding hydrogens is 476 g/mol. The molecule has 2 amide bonds. The van der Waals surface area contributed by atoms with Crippen LogP contribution in [0.15, 0.2) is 73.0 Å². The number of anilines is 1. The summed E-state index contributed by atoms with van der Waals surface area (Å²) in [5.74, 6) is -0.455. The molecule has 0 bridgehead atoms. The molecule has 1 aliphatic heterocycles. The van der Waals surface area contributed by atoms with Crippen LogP contribution in [-0.2, 0) is 11.2 Å². The smallest absolute Gasteiger partial charge is 0.258 e. The summed E-state index contributed by atoms with van der Waals surface area (Å²) in [7, 11) is 0. The Hall–Kier alpha value is -3.75. The van der Waals surface area contributed by atoms with Crippen molar-refractivity contribution in [2.24, 2.45) is 0 Å². The average molecular weight is 504 g/mol. The van der Waals surface area contributed by atoms with Gasteiger partial charge in [0.1, 0.15) is 6.54 Å². The van der Waals surface area contributed by atoms with E-state index < -0.39 is 0 Å². The molecule has 2 aromatic heterocycles. The van der Waals surface area contributed by atoms with Crippen LogP contribution in [0, 0.1) is 0 Å². The van der Waals surface area contributed by atoms with Crippen molar-refractivity contribution in [2.45, 2.75) is 6.42 Å². The summed E-state index contributed by atoms with van der Waals surface area (Å²) in [6.07, 6.45) is 2.74. The highest BCUT2D eigenvalue weighted by molar-refractivity contribution is 6.34. The van der Waals surface area contributed by atoms with Gasteiger partial charge < -0.3 is 9.88 Å². The van der Waals surface area contributed by atoms with E-state index in [0.717, 1.165) is 37.1 Å². The lowest BCUT2D eigenvalue weighted by molar-refractivity contribution is -0.131. The number of amides is 2. The summed E-state index contributed by atoms with van der Waals surface area (Å²) in [6, 6.07) is 17.8. The number of para-hydroxylation sites is 1. The molecule has 184 valence electrons. The summed E-state index contributed by atoms with van der Waals surface area (Å²) in [5.41, 5.74) is 2.54. The maximum Gasteiger partial charge on any atom is 0.258 e. The largest absolute Gasteiger partial charge is 0.361 e. The Bertz CT molecular complexity index is 1400. The normalized spacial score (nSPS) is 14.6. The molecule has 0 unspecified atom stereocenters. The number of fused-ring (bicyclic) bond motifs is 1. The maximum atomic E-state index is 13.7. The Morgan fingerprint density at radius 2 is 1.89 bits per heavy atom. The zero-order valence-electron chi connectivity index (χ0n) is 20.7. The third kappa shape index (κ3) is 5.40. The van der Waals surface area contributed by atoms with Gasteiger partial charge in [-0.1, -0.05) is 29.8 Å². The van der Waals surface area contributed by atoms with Crippen LogP contribution >= 0.6 is 11.6 Å². The number of piperazine rings is 1. The van der Waals surface area contributed by atoms with Crippen LogP contribution < -0.4 is 4.90 Å². The monoisotopic (exact) mass is 503 g/mol.